The minimum absolute atomic E-state index is 0.562. The van der Waals surface area contributed by atoms with Crippen LogP contribution in [0, 0.1) is 5.92 Å². The van der Waals surface area contributed by atoms with Crippen molar-refractivity contribution in [2.75, 3.05) is 6.54 Å². The minimum atomic E-state index is 0.562. The lowest BCUT2D eigenvalue weighted by Crippen LogP contribution is -2.26. The summed E-state index contributed by atoms with van der Waals surface area (Å²) in [6.45, 7) is 1.18. The predicted octanol–water partition coefficient (Wildman–Crippen LogP) is 2.58. The van der Waals surface area contributed by atoms with Gasteiger partial charge in [-0.3, -0.25) is 4.68 Å². The second-order valence-corrected chi connectivity index (χ2v) is 5.65. The molecule has 0 aliphatic heterocycles. The SMILES string of the molecule is Cn1ncc2c1CCCC2NCCCC1CC1. The molecule has 1 aromatic heterocycles. The Hall–Kier alpha value is -0.830. The summed E-state index contributed by atoms with van der Waals surface area (Å²) in [6.07, 6.45) is 11.6. The molecular weight excluding hydrogens is 210 g/mol. The molecule has 0 spiro atoms. The van der Waals surface area contributed by atoms with Crippen LogP contribution in [0.1, 0.15) is 55.8 Å². The van der Waals surface area contributed by atoms with E-state index in [0.29, 0.717) is 6.04 Å². The Labute approximate surface area is 104 Å². The van der Waals surface area contributed by atoms with Gasteiger partial charge in [0.05, 0.1) is 6.20 Å². The van der Waals surface area contributed by atoms with E-state index in [1.54, 1.807) is 0 Å². The first-order chi connectivity index (χ1) is 8.34. The predicted molar refractivity (Wildman–Crippen MR) is 68.8 cm³/mol. The van der Waals surface area contributed by atoms with E-state index in [4.69, 9.17) is 0 Å². The van der Waals surface area contributed by atoms with E-state index >= 15 is 0 Å². The Morgan fingerprint density at radius 1 is 1.41 bits per heavy atom. The third-order valence-electron chi connectivity index (χ3n) is 4.25. The van der Waals surface area contributed by atoms with E-state index < -0.39 is 0 Å². The minimum Gasteiger partial charge on any atom is -0.310 e. The molecule has 0 saturated heterocycles. The maximum absolute atomic E-state index is 4.39. The van der Waals surface area contributed by atoms with Crippen molar-refractivity contribution in [3.63, 3.8) is 0 Å². The summed E-state index contributed by atoms with van der Waals surface area (Å²) in [5, 5.41) is 8.11. The first kappa shape index (κ1) is 11.3. The lowest BCUT2D eigenvalue weighted by atomic mass is 9.93. The number of fused-ring (bicyclic) bond motifs is 1. The summed E-state index contributed by atoms with van der Waals surface area (Å²) in [7, 11) is 2.06. The largest absolute Gasteiger partial charge is 0.310 e. The lowest BCUT2D eigenvalue weighted by Gasteiger charge is -2.23. The van der Waals surface area contributed by atoms with Gasteiger partial charge in [-0.2, -0.15) is 5.10 Å². The number of nitrogens with zero attached hydrogens (tertiary/aromatic N) is 2. The van der Waals surface area contributed by atoms with Crippen LogP contribution in [0.25, 0.3) is 0 Å². The van der Waals surface area contributed by atoms with Crippen molar-refractivity contribution < 1.29 is 0 Å². The average molecular weight is 233 g/mol. The molecular formula is C14H23N3. The smallest absolute Gasteiger partial charge is 0.0540 e. The molecule has 17 heavy (non-hydrogen) atoms. The van der Waals surface area contributed by atoms with Crippen molar-refractivity contribution in [3.8, 4) is 0 Å². The molecule has 3 rings (SSSR count). The van der Waals surface area contributed by atoms with E-state index in [1.165, 1.54) is 62.7 Å². The quantitative estimate of drug-likeness (QED) is 0.792. The van der Waals surface area contributed by atoms with Gasteiger partial charge in [-0.15, -0.1) is 0 Å². The van der Waals surface area contributed by atoms with Crippen molar-refractivity contribution >= 4 is 0 Å². The van der Waals surface area contributed by atoms with Crippen molar-refractivity contribution in [2.24, 2.45) is 13.0 Å². The maximum atomic E-state index is 4.39. The van der Waals surface area contributed by atoms with Crippen LogP contribution >= 0.6 is 0 Å². The number of nitrogens with one attached hydrogen (secondary N) is 1. The molecule has 0 aromatic carbocycles. The normalized spacial score (nSPS) is 23.7. The fourth-order valence-electron chi connectivity index (χ4n) is 2.99. The standard InChI is InChI=1S/C14H23N3/c1-17-14-6-2-5-13(12(14)10-16-17)15-9-3-4-11-7-8-11/h10-11,13,15H,2-9H2,1H3. The van der Waals surface area contributed by atoms with Gasteiger partial charge in [-0.1, -0.05) is 12.8 Å². The Balaban J connectivity index is 1.52. The van der Waals surface area contributed by atoms with Gasteiger partial charge >= 0.3 is 0 Å². The molecule has 2 aliphatic rings. The van der Waals surface area contributed by atoms with Crippen LogP contribution in [0.2, 0.25) is 0 Å². The zero-order chi connectivity index (χ0) is 11.7. The summed E-state index contributed by atoms with van der Waals surface area (Å²) in [4.78, 5) is 0. The Kier molecular flexibility index (Phi) is 3.19. The third kappa shape index (κ3) is 2.54. The molecule has 3 nitrogen and oxygen atoms in total. The summed E-state index contributed by atoms with van der Waals surface area (Å²) < 4.78 is 2.05. The van der Waals surface area contributed by atoms with Crippen molar-refractivity contribution in [1.29, 1.82) is 0 Å². The maximum Gasteiger partial charge on any atom is 0.0540 e. The fraction of sp³-hybridized carbons (Fsp3) is 0.786. The first-order valence-electron chi connectivity index (χ1n) is 7.09. The zero-order valence-electron chi connectivity index (χ0n) is 10.8. The van der Waals surface area contributed by atoms with Crippen molar-refractivity contribution in [2.45, 2.75) is 51.0 Å². The van der Waals surface area contributed by atoms with Crippen molar-refractivity contribution in [3.05, 3.63) is 17.5 Å². The van der Waals surface area contributed by atoms with Gasteiger partial charge in [-0.25, -0.2) is 0 Å². The highest BCUT2D eigenvalue weighted by Crippen LogP contribution is 2.33. The third-order valence-corrected chi connectivity index (χ3v) is 4.25. The van der Waals surface area contributed by atoms with Gasteiger partial charge in [0, 0.05) is 24.3 Å². The highest BCUT2D eigenvalue weighted by molar-refractivity contribution is 5.24. The molecule has 1 saturated carbocycles. The number of hydrogen-bond donors (Lipinski definition) is 1. The van der Waals surface area contributed by atoms with E-state index in [9.17, 15) is 0 Å². The van der Waals surface area contributed by atoms with E-state index in [0.717, 1.165) is 5.92 Å². The van der Waals surface area contributed by atoms with E-state index in [-0.39, 0.29) is 0 Å². The van der Waals surface area contributed by atoms with Gasteiger partial charge in [0.1, 0.15) is 0 Å². The van der Waals surface area contributed by atoms with Crippen LogP contribution in [0.3, 0.4) is 0 Å². The molecule has 2 aliphatic carbocycles. The van der Waals surface area contributed by atoms with Crippen LogP contribution < -0.4 is 5.32 Å². The first-order valence-corrected chi connectivity index (χ1v) is 7.09. The van der Waals surface area contributed by atoms with Gasteiger partial charge in [0.2, 0.25) is 0 Å². The van der Waals surface area contributed by atoms with E-state index in [2.05, 4.69) is 23.7 Å². The molecule has 1 atom stereocenters. The van der Waals surface area contributed by atoms with E-state index in [1.807, 2.05) is 4.68 Å². The van der Waals surface area contributed by atoms with Gasteiger partial charge < -0.3 is 5.32 Å². The number of rotatable bonds is 5. The number of aryl methyl sites for hydroxylation is 1. The number of aromatic nitrogens is 2. The molecule has 0 radical (unpaired) electrons. The molecule has 94 valence electrons. The molecule has 1 aromatic rings. The van der Waals surface area contributed by atoms with Crippen LogP contribution in [0.15, 0.2) is 6.20 Å². The molecule has 0 bridgehead atoms. The summed E-state index contributed by atoms with van der Waals surface area (Å²) in [5.41, 5.74) is 2.89. The molecule has 1 N–H and O–H groups in total. The fourth-order valence-corrected chi connectivity index (χ4v) is 2.99. The second kappa shape index (κ2) is 4.81. The topological polar surface area (TPSA) is 29.9 Å². The highest BCUT2D eigenvalue weighted by atomic mass is 15.3. The van der Waals surface area contributed by atoms with Gasteiger partial charge in [0.15, 0.2) is 0 Å². The lowest BCUT2D eigenvalue weighted by molar-refractivity contribution is 0.442. The number of hydrogen-bond acceptors (Lipinski definition) is 2. The van der Waals surface area contributed by atoms with Crippen LogP contribution in [-0.4, -0.2) is 16.3 Å². The summed E-state index contributed by atoms with van der Waals surface area (Å²) in [5.74, 6) is 1.07. The van der Waals surface area contributed by atoms with Crippen LogP contribution in [0.5, 0.6) is 0 Å². The van der Waals surface area contributed by atoms with Gasteiger partial charge in [-0.05, 0) is 44.6 Å². The Bertz CT molecular complexity index is 379. The van der Waals surface area contributed by atoms with Gasteiger partial charge in [0.25, 0.3) is 0 Å². The molecule has 1 fully saturated rings. The van der Waals surface area contributed by atoms with Crippen LogP contribution in [-0.2, 0) is 13.5 Å². The summed E-state index contributed by atoms with van der Waals surface area (Å²) >= 11 is 0. The zero-order valence-corrected chi connectivity index (χ0v) is 10.8. The molecule has 1 heterocycles. The molecule has 0 amide bonds. The monoisotopic (exact) mass is 233 g/mol. The molecule has 3 heteroatoms. The average Bonchev–Trinajstić information content (AvgIpc) is 3.09. The summed E-state index contributed by atoms with van der Waals surface area (Å²) in [6, 6.07) is 0.562. The van der Waals surface area contributed by atoms with Crippen LogP contribution in [0.4, 0.5) is 0 Å². The second-order valence-electron chi connectivity index (χ2n) is 5.65. The Morgan fingerprint density at radius 2 is 2.29 bits per heavy atom. The Morgan fingerprint density at radius 3 is 3.12 bits per heavy atom. The van der Waals surface area contributed by atoms with Crippen molar-refractivity contribution in [1.82, 2.24) is 15.1 Å². The highest BCUT2D eigenvalue weighted by Gasteiger charge is 2.23. The molecule has 1 unspecified atom stereocenters.